The van der Waals surface area contributed by atoms with Crippen LogP contribution < -0.4 is 15.5 Å². The van der Waals surface area contributed by atoms with Crippen molar-refractivity contribution in [1.82, 2.24) is 25.2 Å². The third-order valence-corrected chi connectivity index (χ3v) is 11.7. The van der Waals surface area contributed by atoms with Gasteiger partial charge in [-0.1, -0.05) is 36.4 Å². The van der Waals surface area contributed by atoms with Gasteiger partial charge in [0.25, 0.3) is 6.43 Å². The number of anilines is 2. The smallest absolute Gasteiger partial charge is 0.266 e. The lowest BCUT2D eigenvalue weighted by molar-refractivity contribution is -0.137. The number of nitrogens with zero attached hydrogens (tertiary/aromatic N) is 5. The number of benzene rings is 2. The first-order valence-corrected chi connectivity index (χ1v) is 18.8. The lowest BCUT2D eigenvalue weighted by Gasteiger charge is -2.42. The summed E-state index contributed by atoms with van der Waals surface area (Å²) in [5.74, 6) is 0.379. The number of alkyl halides is 3. The van der Waals surface area contributed by atoms with Crippen LogP contribution in [0.2, 0.25) is 0 Å². The number of halogens is 4. The molecule has 4 aromatic rings. The second-order valence-electron chi connectivity index (χ2n) is 15.6. The van der Waals surface area contributed by atoms with Gasteiger partial charge in [-0.15, -0.1) is 0 Å². The van der Waals surface area contributed by atoms with Crippen molar-refractivity contribution in [2.45, 2.75) is 95.7 Å². The molecule has 0 unspecified atom stereocenters. The molecular weight excluding hydrogens is 698 g/mol. The molecule has 0 radical (unpaired) electrons. The second kappa shape index (κ2) is 14.9. The van der Waals surface area contributed by atoms with Gasteiger partial charge in [-0.2, -0.15) is 0 Å². The first kappa shape index (κ1) is 37.7. The van der Waals surface area contributed by atoms with Gasteiger partial charge in [-0.05, 0) is 102 Å². The van der Waals surface area contributed by atoms with Gasteiger partial charge in [-0.25, -0.2) is 32.5 Å². The number of imide groups is 1. The summed E-state index contributed by atoms with van der Waals surface area (Å²) in [5.41, 5.74) is 1.14. The summed E-state index contributed by atoms with van der Waals surface area (Å²) in [6.45, 7) is 10.1. The summed E-state index contributed by atoms with van der Waals surface area (Å²) in [4.78, 5) is 42.4. The molecule has 54 heavy (non-hydrogen) atoms. The lowest BCUT2D eigenvalue weighted by atomic mass is 9.74. The lowest BCUT2D eigenvalue weighted by Crippen LogP contribution is -2.53. The van der Waals surface area contributed by atoms with E-state index in [0.717, 1.165) is 43.1 Å². The molecule has 3 aliphatic heterocycles. The summed E-state index contributed by atoms with van der Waals surface area (Å²) < 4.78 is 58.6. The van der Waals surface area contributed by atoms with Gasteiger partial charge >= 0.3 is 0 Å². The number of aryl methyl sites for hydroxylation is 2. The molecule has 2 aromatic heterocycles. The van der Waals surface area contributed by atoms with Crippen molar-refractivity contribution in [3.8, 4) is 0 Å². The summed E-state index contributed by atoms with van der Waals surface area (Å²) in [6, 6.07) is 11.4. The fraction of sp³-hybridized carbons (Fsp3) is 0.488. The van der Waals surface area contributed by atoms with E-state index in [9.17, 15) is 18.4 Å². The number of carbonyl (C=O) groups is 2. The number of nitrogens with one attached hydrogen (secondary N) is 2. The average molecular weight is 746 g/mol. The molecule has 286 valence electrons. The number of hydrogen-bond acceptors (Lipinski definition) is 8. The fourth-order valence-electron chi connectivity index (χ4n) is 8.55. The van der Waals surface area contributed by atoms with Crippen LogP contribution in [0, 0.1) is 19.7 Å². The average Bonchev–Trinajstić information content (AvgIpc) is 3.13. The van der Waals surface area contributed by atoms with Crippen LogP contribution >= 0.6 is 0 Å². The van der Waals surface area contributed by atoms with Crippen molar-refractivity contribution < 1.29 is 27.2 Å². The highest BCUT2D eigenvalue weighted by Crippen LogP contribution is 2.38. The molecule has 3 saturated heterocycles. The van der Waals surface area contributed by atoms with E-state index in [2.05, 4.69) is 49.5 Å². The molecule has 0 bridgehead atoms. The third-order valence-electron chi connectivity index (χ3n) is 11.7. The van der Waals surface area contributed by atoms with E-state index < -0.39 is 34.9 Å². The highest BCUT2D eigenvalue weighted by atomic mass is 19.3. The molecule has 0 aliphatic carbocycles. The number of likely N-dealkylation sites (tertiary alicyclic amines) is 1. The zero-order chi connectivity index (χ0) is 38.4. The zero-order valence-corrected chi connectivity index (χ0v) is 31.2. The predicted molar refractivity (Wildman–Crippen MR) is 200 cm³/mol. The van der Waals surface area contributed by atoms with Gasteiger partial charge < -0.3 is 15.1 Å². The van der Waals surface area contributed by atoms with E-state index in [1.165, 1.54) is 17.7 Å². The van der Waals surface area contributed by atoms with E-state index in [1.807, 2.05) is 24.0 Å². The fourth-order valence-corrected chi connectivity index (χ4v) is 8.55. The Labute approximate surface area is 313 Å². The van der Waals surface area contributed by atoms with Gasteiger partial charge in [0.15, 0.2) is 0 Å². The topological polar surface area (TPSA) is 103 Å². The standard InChI is InChI=1S/C41H47F4N7O2/c1-24-19-28(40(4)15-11-35(53)50-39(40)54)9-10-29(24)27-12-17-51(18-13-27)22-41(45)14-6-16-52(23-41)34-20-32-33(21-46-34)48-26(3)49-38(32)47-25(2)30-7-5-8-31(36(30)42)37(43)44/h5,7-10,19-21,25,27,37H,6,11-18,22-23H2,1-4H3,(H,47,48,49)(H,50,53,54)/t25-,40-,41+/m1/s1. The molecule has 3 aliphatic rings. The highest BCUT2D eigenvalue weighted by Gasteiger charge is 2.41. The maximum Gasteiger partial charge on any atom is 0.266 e. The number of pyridine rings is 1. The van der Waals surface area contributed by atoms with Crippen molar-refractivity contribution in [3.05, 3.63) is 88.1 Å². The van der Waals surface area contributed by atoms with Crippen LogP contribution in [0.5, 0.6) is 0 Å². The highest BCUT2D eigenvalue weighted by molar-refractivity contribution is 6.03. The minimum atomic E-state index is -2.93. The normalized spacial score (nSPS) is 23.5. The monoisotopic (exact) mass is 745 g/mol. The van der Waals surface area contributed by atoms with Crippen LogP contribution in [0.25, 0.3) is 10.9 Å². The summed E-state index contributed by atoms with van der Waals surface area (Å²) in [6.07, 6.45) is 2.44. The SMILES string of the molecule is Cc1nc(N[C@H](C)c2cccc(C(F)F)c2F)c2cc(N3CCC[C@](F)(CN4CCC(c5ccc([C@@]6(C)CCC(=O)NC6=O)cc5C)CC4)C3)ncc2n1. The Hall–Kier alpha value is -4.65. The van der Waals surface area contributed by atoms with E-state index in [4.69, 9.17) is 0 Å². The van der Waals surface area contributed by atoms with Crippen molar-refractivity contribution in [2.24, 2.45) is 0 Å². The quantitative estimate of drug-likeness (QED) is 0.132. The van der Waals surface area contributed by atoms with E-state index >= 15 is 8.78 Å². The van der Waals surface area contributed by atoms with Gasteiger partial charge in [0.05, 0.1) is 35.3 Å². The molecule has 2 aromatic carbocycles. The van der Waals surface area contributed by atoms with Crippen LogP contribution in [0.15, 0.2) is 48.7 Å². The maximum absolute atomic E-state index is 16.7. The van der Waals surface area contributed by atoms with Crippen LogP contribution in [0.4, 0.5) is 29.2 Å². The van der Waals surface area contributed by atoms with E-state index in [1.54, 1.807) is 20.0 Å². The Morgan fingerprint density at radius 1 is 1.02 bits per heavy atom. The minimum Gasteiger partial charge on any atom is -0.363 e. The number of fused-ring (bicyclic) bond motifs is 1. The number of hydrogen-bond donors (Lipinski definition) is 2. The van der Waals surface area contributed by atoms with Crippen LogP contribution in [-0.2, 0) is 15.0 Å². The van der Waals surface area contributed by atoms with Crippen molar-refractivity contribution in [3.63, 3.8) is 0 Å². The molecule has 7 rings (SSSR count). The Bertz CT molecular complexity index is 2070. The Morgan fingerprint density at radius 2 is 1.78 bits per heavy atom. The van der Waals surface area contributed by atoms with Gasteiger partial charge in [0, 0.05) is 30.5 Å². The van der Waals surface area contributed by atoms with Crippen molar-refractivity contribution in [2.75, 3.05) is 42.9 Å². The number of piperidine rings is 3. The largest absolute Gasteiger partial charge is 0.363 e. The summed E-state index contributed by atoms with van der Waals surface area (Å²) in [7, 11) is 0. The molecule has 0 saturated carbocycles. The zero-order valence-electron chi connectivity index (χ0n) is 31.2. The Kier molecular flexibility index (Phi) is 10.4. The first-order valence-electron chi connectivity index (χ1n) is 18.8. The first-order chi connectivity index (χ1) is 25.7. The molecule has 2 amide bonds. The molecule has 13 heteroatoms. The third kappa shape index (κ3) is 7.51. The molecule has 0 spiro atoms. The Balaban J connectivity index is 1.01. The van der Waals surface area contributed by atoms with Crippen LogP contribution in [0.3, 0.4) is 0 Å². The van der Waals surface area contributed by atoms with E-state index in [-0.39, 0.29) is 23.9 Å². The Morgan fingerprint density at radius 3 is 2.50 bits per heavy atom. The van der Waals surface area contributed by atoms with E-state index in [0.29, 0.717) is 73.1 Å². The van der Waals surface area contributed by atoms with Gasteiger partial charge in [0.1, 0.15) is 28.9 Å². The van der Waals surface area contributed by atoms with Gasteiger partial charge in [0.2, 0.25) is 11.8 Å². The number of amides is 2. The van der Waals surface area contributed by atoms with Gasteiger partial charge in [-0.3, -0.25) is 14.9 Å². The van der Waals surface area contributed by atoms with Crippen LogP contribution in [-0.4, -0.2) is 70.1 Å². The maximum atomic E-state index is 16.7. The van der Waals surface area contributed by atoms with Crippen molar-refractivity contribution >= 4 is 34.4 Å². The summed E-state index contributed by atoms with van der Waals surface area (Å²) >= 11 is 0. The number of rotatable bonds is 9. The second-order valence-corrected chi connectivity index (χ2v) is 15.6. The van der Waals surface area contributed by atoms with Crippen molar-refractivity contribution in [1.29, 1.82) is 0 Å². The molecule has 2 N–H and O–H groups in total. The molecular formula is C41H47F4N7O2. The molecule has 3 atom stereocenters. The predicted octanol–water partition coefficient (Wildman–Crippen LogP) is 7.77. The number of aromatic nitrogens is 3. The molecule has 5 heterocycles. The van der Waals surface area contributed by atoms with Crippen LogP contribution in [0.1, 0.15) is 104 Å². The molecule has 3 fully saturated rings. The summed E-state index contributed by atoms with van der Waals surface area (Å²) in [5, 5.41) is 6.31. The number of carbonyl (C=O) groups excluding carboxylic acids is 2. The minimum absolute atomic E-state index is 0.0981. The molecule has 9 nitrogen and oxygen atoms in total.